The number of aryl methyl sites for hydroxylation is 1. The monoisotopic (exact) mass is 306 g/mol. The number of amides is 1. The number of rotatable bonds is 5. The SMILES string of the molecule is CCc1cnc(CNC(=O)C2C3C=CC(C3)C2C(=O)O)s1. The first-order chi connectivity index (χ1) is 10.1. The fourth-order valence-electron chi connectivity index (χ4n) is 3.39. The third-order valence-corrected chi connectivity index (χ3v) is 5.55. The Kier molecular flexibility index (Phi) is 3.80. The summed E-state index contributed by atoms with van der Waals surface area (Å²) in [5, 5.41) is 13.1. The molecule has 0 aliphatic heterocycles. The first-order valence-electron chi connectivity index (χ1n) is 7.22. The van der Waals surface area contributed by atoms with Crippen LogP contribution in [0.2, 0.25) is 0 Å². The fraction of sp³-hybridized carbons (Fsp3) is 0.533. The van der Waals surface area contributed by atoms with Crippen molar-refractivity contribution in [3.05, 3.63) is 28.2 Å². The minimum absolute atomic E-state index is 0.00908. The van der Waals surface area contributed by atoms with Crippen LogP contribution in [0.15, 0.2) is 18.3 Å². The number of carboxylic acids is 1. The van der Waals surface area contributed by atoms with Gasteiger partial charge in [-0.3, -0.25) is 9.59 Å². The average molecular weight is 306 g/mol. The van der Waals surface area contributed by atoms with Crippen LogP contribution in [0, 0.1) is 23.7 Å². The van der Waals surface area contributed by atoms with E-state index in [2.05, 4.69) is 17.2 Å². The molecule has 2 N–H and O–H groups in total. The molecule has 5 nitrogen and oxygen atoms in total. The maximum Gasteiger partial charge on any atom is 0.307 e. The zero-order valence-electron chi connectivity index (χ0n) is 11.8. The molecule has 2 aliphatic carbocycles. The highest BCUT2D eigenvalue weighted by atomic mass is 32.1. The number of aromatic nitrogens is 1. The van der Waals surface area contributed by atoms with Crippen molar-refractivity contribution in [2.75, 3.05) is 0 Å². The number of hydrogen-bond donors (Lipinski definition) is 2. The summed E-state index contributed by atoms with van der Waals surface area (Å²) in [6.07, 6.45) is 7.48. The molecular formula is C15H18N2O3S. The smallest absolute Gasteiger partial charge is 0.307 e. The molecule has 1 aromatic rings. The largest absolute Gasteiger partial charge is 0.481 e. The maximum absolute atomic E-state index is 12.4. The van der Waals surface area contributed by atoms with E-state index in [0.717, 1.165) is 17.8 Å². The Bertz CT molecular complexity index is 595. The van der Waals surface area contributed by atoms with Crippen LogP contribution < -0.4 is 5.32 Å². The molecule has 1 saturated carbocycles. The molecule has 1 heterocycles. The van der Waals surface area contributed by atoms with Crippen molar-refractivity contribution in [3.8, 4) is 0 Å². The number of nitrogens with zero attached hydrogens (tertiary/aromatic N) is 1. The number of carbonyl (C=O) groups is 2. The number of fused-ring (bicyclic) bond motifs is 2. The van der Waals surface area contributed by atoms with Gasteiger partial charge in [-0.2, -0.15) is 0 Å². The van der Waals surface area contributed by atoms with Gasteiger partial charge >= 0.3 is 5.97 Å². The van der Waals surface area contributed by atoms with Crippen LogP contribution >= 0.6 is 11.3 Å². The number of aliphatic carboxylic acids is 1. The summed E-state index contributed by atoms with van der Waals surface area (Å²) < 4.78 is 0. The Morgan fingerprint density at radius 3 is 2.71 bits per heavy atom. The van der Waals surface area contributed by atoms with Crippen molar-refractivity contribution < 1.29 is 14.7 Å². The van der Waals surface area contributed by atoms with Gasteiger partial charge in [0.15, 0.2) is 0 Å². The topological polar surface area (TPSA) is 79.3 Å². The summed E-state index contributed by atoms with van der Waals surface area (Å²) in [4.78, 5) is 29.2. The van der Waals surface area contributed by atoms with E-state index in [4.69, 9.17) is 0 Å². The van der Waals surface area contributed by atoms with Gasteiger partial charge in [-0.25, -0.2) is 4.98 Å². The lowest BCUT2D eigenvalue weighted by Crippen LogP contribution is -2.39. The molecule has 3 rings (SSSR count). The summed E-state index contributed by atoms with van der Waals surface area (Å²) in [7, 11) is 0. The van der Waals surface area contributed by atoms with Gasteiger partial charge in [-0.05, 0) is 24.7 Å². The number of allylic oxidation sites excluding steroid dienone is 2. The molecule has 0 saturated heterocycles. The highest BCUT2D eigenvalue weighted by molar-refractivity contribution is 7.11. The predicted molar refractivity (Wildman–Crippen MR) is 78.7 cm³/mol. The molecule has 2 bridgehead atoms. The second-order valence-electron chi connectivity index (χ2n) is 5.63. The van der Waals surface area contributed by atoms with Crippen LogP contribution in [0.3, 0.4) is 0 Å². The number of nitrogens with one attached hydrogen (secondary N) is 1. The van der Waals surface area contributed by atoms with Gasteiger partial charge in [-0.15, -0.1) is 11.3 Å². The van der Waals surface area contributed by atoms with Crippen LogP contribution in [0.5, 0.6) is 0 Å². The molecule has 0 aromatic carbocycles. The van der Waals surface area contributed by atoms with E-state index in [1.807, 2.05) is 18.3 Å². The normalized spacial score (nSPS) is 29.8. The van der Waals surface area contributed by atoms with E-state index >= 15 is 0 Å². The third kappa shape index (κ3) is 2.60. The van der Waals surface area contributed by atoms with Crippen molar-refractivity contribution in [3.63, 3.8) is 0 Å². The maximum atomic E-state index is 12.4. The van der Waals surface area contributed by atoms with Crippen LogP contribution in [0.25, 0.3) is 0 Å². The van der Waals surface area contributed by atoms with Crippen LogP contribution in [0.4, 0.5) is 0 Å². The zero-order chi connectivity index (χ0) is 15.0. The average Bonchev–Trinajstić information content (AvgIpc) is 3.18. The zero-order valence-corrected chi connectivity index (χ0v) is 12.6. The minimum Gasteiger partial charge on any atom is -0.481 e. The molecule has 112 valence electrons. The Morgan fingerprint density at radius 1 is 1.38 bits per heavy atom. The summed E-state index contributed by atoms with van der Waals surface area (Å²) in [6.45, 7) is 2.45. The fourth-order valence-corrected chi connectivity index (χ4v) is 4.19. The Morgan fingerprint density at radius 2 is 2.10 bits per heavy atom. The summed E-state index contributed by atoms with van der Waals surface area (Å²) in [6, 6.07) is 0. The molecule has 2 aliphatic rings. The highest BCUT2D eigenvalue weighted by Crippen LogP contribution is 2.48. The van der Waals surface area contributed by atoms with Crippen molar-refractivity contribution >= 4 is 23.2 Å². The predicted octanol–water partition coefficient (Wildman–Crippen LogP) is 1.84. The van der Waals surface area contributed by atoms with Gasteiger partial charge < -0.3 is 10.4 Å². The van der Waals surface area contributed by atoms with Crippen molar-refractivity contribution in [2.45, 2.75) is 26.3 Å². The number of thiazole rings is 1. The Hall–Kier alpha value is -1.69. The molecule has 0 radical (unpaired) electrons. The minimum atomic E-state index is -0.866. The van der Waals surface area contributed by atoms with Gasteiger partial charge in [0.2, 0.25) is 5.91 Å². The quantitative estimate of drug-likeness (QED) is 0.814. The van der Waals surface area contributed by atoms with Crippen molar-refractivity contribution in [1.82, 2.24) is 10.3 Å². The van der Waals surface area contributed by atoms with Crippen LogP contribution in [-0.4, -0.2) is 22.0 Å². The van der Waals surface area contributed by atoms with Gasteiger partial charge in [0.05, 0.1) is 18.4 Å². The van der Waals surface area contributed by atoms with E-state index in [0.29, 0.717) is 6.54 Å². The Balaban J connectivity index is 1.65. The molecule has 1 aromatic heterocycles. The van der Waals surface area contributed by atoms with Crippen LogP contribution in [-0.2, 0) is 22.6 Å². The lowest BCUT2D eigenvalue weighted by atomic mass is 9.82. The first-order valence-corrected chi connectivity index (χ1v) is 8.04. The highest BCUT2D eigenvalue weighted by Gasteiger charge is 2.51. The van der Waals surface area contributed by atoms with E-state index in [1.54, 1.807) is 11.3 Å². The van der Waals surface area contributed by atoms with Gasteiger partial charge in [0.25, 0.3) is 0 Å². The van der Waals surface area contributed by atoms with E-state index in [-0.39, 0.29) is 17.7 Å². The molecule has 0 spiro atoms. The van der Waals surface area contributed by atoms with Gasteiger partial charge in [0.1, 0.15) is 5.01 Å². The summed E-state index contributed by atoms with van der Waals surface area (Å²) >= 11 is 1.58. The van der Waals surface area contributed by atoms with Gasteiger partial charge in [0, 0.05) is 11.1 Å². The standard InChI is InChI=1S/C15H18N2O3S/c1-2-10-6-16-11(21-10)7-17-14(18)12-8-3-4-9(5-8)13(12)15(19)20/h3-4,6,8-9,12-13H,2,5,7H2,1H3,(H,17,18)(H,19,20). The second-order valence-corrected chi connectivity index (χ2v) is 6.83. The molecule has 21 heavy (non-hydrogen) atoms. The lowest BCUT2D eigenvalue weighted by molar-refractivity contribution is -0.147. The molecule has 1 amide bonds. The molecular weight excluding hydrogens is 288 g/mol. The molecule has 6 heteroatoms. The first kappa shape index (κ1) is 14.3. The number of hydrogen-bond acceptors (Lipinski definition) is 4. The summed E-state index contributed by atoms with van der Waals surface area (Å²) in [5.41, 5.74) is 0. The number of carboxylic acid groups (broad SMARTS) is 1. The van der Waals surface area contributed by atoms with Gasteiger partial charge in [-0.1, -0.05) is 19.1 Å². The van der Waals surface area contributed by atoms with Crippen LogP contribution in [0.1, 0.15) is 23.2 Å². The molecule has 4 unspecified atom stereocenters. The molecule has 4 atom stereocenters. The van der Waals surface area contributed by atoms with Crippen molar-refractivity contribution in [2.24, 2.45) is 23.7 Å². The van der Waals surface area contributed by atoms with E-state index in [1.165, 1.54) is 4.88 Å². The molecule has 1 fully saturated rings. The van der Waals surface area contributed by atoms with E-state index in [9.17, 15) is 14.7 Å². The summed E-state index contributed by atoms with van der Waals surface area (Å²) in [5.74, 6) is -1.97. The van der Waals surface area contributed by atoms with E-state index < -0.39 is 17.8 Å². The second kappa shape index (κ2) is 5.60. The van der Waals surface area contributed by atoms with Crippen molar-refractivity contribution in [1.29, 1.82) is 0 Å². The Labute approximate surface area is 127 Å². The number of carbonyl (C=O) groups excluding carboxylic acids is 1. The lowest BCUT2D eigenvalue weighted by Gasteiger charge is -2.23. The third-order valence-electron chi connectivity index (χ3n) is 4.41.